The predicted octanol–water partition coefficient (Wildman–Crippen LogP) is 6.22. The number of hydrogen-bond donors (Lipinski definition) is 0. The summed E-state index contributed by atoms with van der Waals surface area (Å²) in [5, 5.41) is 0. The number of ether oxygens (including phenoxy) is 2. The van der Waals surface area contributed by atoms with E-state index in [0.29, 0.717) is 46.1 Å². The summed E-state index contributed by atoms with van der Waals surface area (Å²) in [5.74, 6) is -0.368. The first kappa shape index (κ1) is 25.2. The van der Waals surface area contributed by atoms with E-state index in [0.717, 1.165) is 16.2 Å². The second kappa shape index (κ2) is 11.2. The molecule has 0 N–H and O–H groups in total. The standard InChI is InChI=1S/C28H25BrN2O5/c1-3-15-36-25-18-23(29)19(17-24(25)35-4-2)16-22-26(32)30(20-11-7-5-8-12-20)28(34)31(27(22)33)21-13-9-6-10-14-21/h5-14,16-18H,3-4,15H2,1-2H3. The number of para-hydroxylation sites is 2. The molecule has 3 aromatic carbocycles. The van der Waals surface area contributed by atoms with Crippen molar-refractivity contribution in [1.82, 2.24) is 0 Å². The lowest BCUT2D eigenvalue weighted by Crippen LogP contribution is -2.57. The molecule has 0 unspecified atom stereocenters. The normalized spacial score (nSPS) is 13.8. The highest BCUT2D eigenvalue weighted by Gasteiger charge is 2.43. The van der Waals surface area contributed by atoms with Crippen LogP contribution in [0.1, 0.15) is 25.8 Å². The van der Waals surface area contributed by atoms with E-state index in [2.05, 4.69) is 15.9 Å². The van der Waals surface area contributed by atoms with E-state index in [1.165, 1.54) is 6.08 Å². The minimum atomic E-state index is -0.739. The third-order valence-corrected chi connectivity index (χ3v) is 6.09. The summed E-state index contributed by atoms with van der Waals surface area (Å²) >= 11 is 3.53. The molecule has 3 aromatic rings. The van der Waals surface area contributed by atoms with Crippen molar-refractivity contribution in [3.05, 3.63) is 88.4 Å². The van der Waals surface area contributed by atoms with Gasteiger partial charge in [-0.25, -0.2) is 14.6 Å². The van der Waals surface area contributed by atoms with Crippen molar-refractivity contribution >= 4 is 51.2 Å². The molecule has 1 heterocycles. The lowest BCUT2D eigenvalue weighted by atomic mass is 10.0. The Balaban J connectivity index is 1.85. The molecule has 1 aliphatic rings. The number of barbiturate groups is 1. The van der Waals surface area contributed by atoms with Crippen molar-refractivity contribution in [1.29, 1.82) is 0 Å². The molecule has 0 spiro atoms. The molecule has 0 bridgehead atoms. The van der Waals surface area contributed by atoms with Crippen molar-refractivity contribution in [3.63, 3.8) is 0 Å². The number of carbonyl (C=O) groups excluding carboxylic acids is 3. The Morgan fingerprint density at radius 3 is 1.81 bits per heavy atom. The number of carbonyl (C=O) groups is 3. The third-order valence-electron chi connectivity index (χ3n) is 5.40. The summed E-state index contributed by atoms with van der Waals surface area (Å²) in [6, 6.07) is 19.8. The zero-order valence-corrected chi connectivity index (χ0v) is 21.5. The fourth-order valence-electron chi connectivity index (χ4n) is 3.75. The molecular weight excluding hydrogens is 524 g/mol. The molecule has 4 rings (SSSR count). The smallest absolute Gasteiger partial charge is 0.343 e. The van der Waals surface area contributed by atoms with E-state index < -0.39 is 17.8 Å². The molecule has 0 aliphatic carbocycles. The molecule has 1 aliphatic heterocycles. The van der Waals surface area contributed by atoms with Crippen molar-refractivity contribution < 1.29 is 23.9 Å². The number of benzene rings is 3. The molecule has 184 valence electrons. The molecular formula is C28H25BrN2O5. The Labute approximate surface area is 218 Å². The van der Waals surface area contributed by atoms with Gasteiger partial charge < -0.3 is 9.47 Å². The average molecular weight is 549 g/mol. The van der Waals surface area contributed by atoms with Crippen LogP contribution in [0.25, 0.3) is 6.08 Å². The van der Waals surface area contributed by atoms with Crippen molar-refractivity contribution in [3.8, 4) is 11.5 Å². The van der Waals surface area contributed by atoms with Gasteiger partial charge in [-0.2, -0.15) is 0 Å². The SMILES string of the molecule is CCCOc1cc(Br)c(C=C2C(=O)N(c3ccccc3)C(=O)N(c3ccccc3)C2=O)cc1OCC. The number of imide groups is 2. The fraction of sp³-hybridized carbons (Fsp3) is 0.179. The van der Waals surface area contributed by atoms with Crippen LogP contribution < -0.4 is 19.3 Å². The van der Waals surface area contributed by atoms with Gasteiger partial charge in [0.05, 0.1) is 24.6 Å². The highest BCUT2D eigenvalue weighted by molar-refractivity contribution is 9.10. The lowest BCUT2D eigenvalue weighted by Gasteiger charge is -2.34. The summed E-state index contributed by atoms with van der Waals surface area (Å²) in [6.07, 6.45) is 2.30. The van der Waals surface area contributed by atoms with Crippen molar-refractivity contribution in [2.24, 2.45) is 0 Å². The monoisotopic (exact) mass is 548 g/mol. The zero-order chi connectivity index (χ0) is 25.7. The third kappa shape index (κ3) is 5.04. The number of rotatable bonds is 8. The molecule has 0 aromatic heterocycles. The Morgan fingerprint density at radius 1 is 0.778 bits per heavy atom. The maximum atomic E-state index is 13.6. The summed E-state index contributed by atoms with van der Waals surface area (Å²) in [5.41, 5.74) is 1.11. The van der Waals surface area contributed by atoms with Gasteiger partial charge in [0.1, 0.15) is 5.57 Å². The van der Waals surface area contributed by atoms with E-state index >= 15 is 0 Å². The van der Waals surface area contributed by atoms with Crippen molar-refractivity contribution in [2.75, 3.05) is 23.0 Å². The van der Waals surface area contributed by atoms with Gasteiger partial charge in [-0.1, -0.05) is 59.3 Å². The Hall–Kier alpha value is -3.91. The fourth-order valence-corrected chi connectivity index (χ4v) is 4.19. The molecule has 1 fully saturated rings. The molecule has 0 atom stereocenters. The van der Waals surface area contributed by atoms with Crippen LogP contribution in [0.2, 0.25) is 0 Å². The van der Waals surface area contributed by atoms with Crippen LogP contribution >= 0.6 is 15.9 Å². The van der Waals surface area contributed by atoms with Gasteiger partial charge in [0.15, 0.2) is 11.5 Å². The van der Waals surface area contributed by atoms with Gasteiger partial charge in [0.25, 0.3) is 11.8 Å². The number of anilines is 2. The number of urea groups is 1. The summed E-state index contributed by atoms with van der Waals surface area (Å²) < 4.78 is 12.2. The predicted molar refractivity (Wildman–Crippen MR) is 142 cm³/mol. The first-order valence-corrected chi connectivity index (χ1v) is 12.4. The Morgan fingerprint density at radius 2 is 1.31 bits per heavy atom. The van der Waals surface area contributed by atoms with Gasteiger partial charge in [0.2, 0.25) is 0 Å². The van der Waals surface area contributed by atoms with E-state index in [9.17, 15) is 14.4 Å². The van der Waals surface area contributed by atoms with Gasteiger partial charge in [-0.15, -0.1) is 0 Å². The van der Waals surface area contributed by atoms with Crippen LogP contribution in [0, 0.1) is 0 Å². The number of nitrogens with zero attached hydrogens (tertiary/aromatic N) is 2. The van der Waals surface area contributed by atoms with E-state index in [4.69, 9.17) is 9.47 Å². The highest BCUT2D eigenvalue weighted by atomic mass is 79.9. The summed E-state index contributed by atoms with van der Waals surface area (Å²) in [4.78, 5) is 42.6. The van der Waals surface area contributed by atoms with E-state index in [-0.39, 0.29) is 5.57 Å². The van der Waals surface area contributed by atoms with E-state index in [1.54, 1.807) is 72.8 Å². The number of amides is 4. The zero-order valence-electron chi connectivity index (χ0n) is 19.9. The van der Waals surface area contributed by atoms with Crippen LogP contribution in [0.4, 0.5) is 16.2 Å². The lowest BCUT2D eigenvalue weighted by molar-refractivity contribution is -0.121. The molecule has 36 heavy (non-hydrogen) atoms. The Bertz CT molecular complexity index is 1240. The van der Waals surface area contributed by atoms with Crippen LogP contribution in [0.3, 0.4) is 0 Å². The largest absolute Gasteiger partial charge is 0.490 e. The molecule has 1 saturated heterocycles. The minimum Gasteiger partial charge on any atom is -0.490 e. The minimum absolute atomic E-state index is 0.160. The van der Waals surface area contributed by atoms with Gasteiger partial charge in [0, 0.05) is 4.47 Å². The van der Waals surface area contributed by atoms with Gasteiger partial charge >= 0.3 is 6.03 Å². The quantitative estimate of drug-likeness (QED) is 0.246. The summed E-state index contributed by atoms with van der Waals surface area (Å²) in [7, 11) is 0. The van der Waals surface area contributed by atoms with Crippen LogP contribution in [0.15, 0.2) is 82.8 Å². The second-order valence-corrected chi connectivity index (χ2v) is 8.75. The molecule has 0 radical (unpaired) electrons. The van der Waals surface area contributed by atoms with Gasteiger partial charge in [-0.05, 0) is 61.4 Å². The van der Waals surface area contributed by atoms with Crippen molar-refractivity contribution in [2.45, 2.75) is 20.3 Å². The first-order valence-electron chi connectivity index (χ1n) is 11.6. The van der Waals surface area contributed by atoms with Crippen LogP contribution in [0.5, 0.6) is 11.5 Å². The average Bonchev–Trinajstić information content (AvgIpc) is 2.88. The first-order chi connectivity index (χ1) is 17.5. The summed E-state index contributed by atoms with van der Waals surface area (Å²) in [6.45, 7) is 4.80. The Kier molecular flexibility index (Phi) is 7.85. The molecule has 4 amide bonds. The molecule has 8 heteroatoms. The second-order valence-electron chi connectivity index (χ2n) is 7.89. The number of halogens is 1. The van der Waals surface area contributed by atoms with Gasteiger partial charge in [-0.3, -0.25) is 9.59 Å². The maximum absolute atomic E-state index is 13.6. The van der Waals surface area contributed by atoms with Crippen LogP contribution in [-0.2, 0) is 9.59 Å². The molecule has 7 nitrogen and oxygen atoms in total. The number of hydrogen-bond acceptors (Lipinski definition) is 5. The van der Waals surface area contributed by atoms with E-state index in [1.807, 2.05) is 13.8 Å². The maximum Gasteiger partial charge on any atom is 0.343 e. The molecule has 0 saturated carbocycles. The highest BCUT2D eigenvalue weighted by Crippen LogP contribution is 2.36. The van der Waals surface area contributed by atoms with Crippen LogP contribution in [-0.4, -0.2) is 31.1 Å². The topological polar surface area (TPSA) is 76.2 Å².